The van der Waals surface area contributed by atoms with Crippen molar-refractivity contribution in [2.24, 2.45) is 11.3 Å². The molecule has 0 heterocycles. The molecule has 0 spiro atoms. The molecule has 2 saturated carbocycles. The van der Waals surface area contributed by atoms with Gasteiger partial charge in [0.15, 0.2) is 0 Å². The molecule has 0 aromatic carbocycles. The van der Waals surface area contributed by atoms with Crippen molar-refractivity contribution in [1.29, 1.82) is 0 Å². The molecule has 0 heteroatoms. The van der Waals surface area contributed by atoms with Crippen LogP contribution in [0.2, 0.25) is 0 Å². The third-order valence-electron chi connectivity index (χ3n) is 3.09. The van der Waals surface area contributed by atoms with Crippen molar-refractivity contribution in [1.82, 2.24) is 0 Å². The summed E-state index contributed by atoms with van der Waals surface area (Å²) in [6.07, 6.45) is 7.63. The molecule has 0 radical (unpaired) electrons. The lowest BCUT2D eigenvalue weighted by Gasteiger charge is -2.15. The lowest BCUT2D eigenvalue weighted by Crippen LogP contribution is -2.03. The molecule has 2 atom stereocenters. The normalized spacial score (nSPS) is 42.9. The quantitative estimate of drug-likeness (QED) is 0.482. The minimum absolute atomic E-state index is 0.845. The predicted molar refractivity (Wildman–Crippen MR) is 46.0 cm³/mol. The number of fused-ring (bicyclic) bond motifs is 1. The van der Waals surface area contributed by atoms with Crippen LogP contribution in [0.25, 0.3) is 0 Å². The highest BCUT2D eigenvalue weighted by molar-refractivity contribution is 5.00. The number of hydrogen-bond donors (Lipinski definition) is 0. The Balaban J connectivity index is 0.000000231. The summed E-state index contributed by atoms with van der Waals surface area (Å²) in [4.78, 5) is 0. The standard InChI is InChI=1S/C8H14.C2H6/c1-8-5-3-2-4-7(8)6-8;1-2/h7H,2-6H2,1H3;1-2H3. The fraction of sp³-hybridized carbons (Fsp3) is 1.00. The minimum atomic E-state index is 0.845. The van der Waals surface area contributed by atoms with Gasteiger partial charge >= 0.3 is 0 Å². The first-order valence-corrected chi connectivity index (χ1v) is 4.81. The molecule has 0 aromatic rings. The molecule has 2 rings (SSSR count). The highest BCUT2D eigenvalue weighted by Crippen LogP contribution is 2.60. The van der Waals surface area contributed by atoms with Crippen LogP contribution in [0.5, 0.6) is 0 Å². The van der Waals surface area contributed by atoms with Crippen LogP contribution in [-0.4, -0.2) is 0 Å². The fourth-order valence-corrected chi connectivity index (χ4v) is 2.18. The second kappa shape index (κ2) is 2.94. The first-order valence-electron chi connectivity index (χ1n) is 4.81. The molecule has 2 fully saturated rings. The first kappa shape index (κ1) is 8.10. The van der Waals surface area contributed by atoms with Crippen LogP contribution in [0.4, 0.5) is 0 Å². The van der Waals surface area contributed by atoms with Crippen LogP contribution in [0.3, 0.4) is 0 Å². The Bertz CT molecular complexity index is 105. The first-order chi connectivity index (χ1) is 4.81. The molecule has 0 saturated heterocycles. The van der Waals surface area contributed by atoms with Crippen LogP contribution < -0.4 is 0 Å². The van der Waals surface area contributed by atoms with Crippen molar-refractivity contribution in [2.75, 3.05) is 0 Å². The molecule has 0 aromatic heterocycles. The molecule has 2 aliphatic rings. The van der Waals surface area contributed by atoms with Gasteiger partial charge in [0.25, 0.3) is 0 Å². The second-order valence-electron chi connectivity index (χ2n) is 3.80. The molecular formula is C10H20. The van der Waals surface area contributed by atoms with Gasteiger partial charge in [-0.2, -0.15) is 0 Å². The average molecular weight is 140 g/mol. The van der Waals surface area contributed by atoms with Crippen molar-refractivity contribution < 1.29 is 0 Å². The highest BCUT2D eigenvalue weighted by atomic mass is 14.5. The lowest BCUT2D eigenvalue weighted by molar-refractivity contribution is 0.366. The maximum atomic E-state index is 2.46. The molecule has 0 aliphatic heterocycles. The van der Waals surface area contributed by atoms with E-state index in [1.165, 1.54) is 25.7 Å². The smallest absolute Gasteiger partial charge is 0.0294 e. The maximum absolute atomic E-state index is 2.46. The van der Waals surface area contributed by atoms with Crippen LogP contribution in [0, 0.1) is 11.3 Å². The number of hydrogen-bond acceptors (Lipinski definition) is 0. The Labute approximate surface area is 65.0 Å². The summed E-state index contributed by atoms with van der Waals surface area (Å²) in [5.74, 6) is 1.15. The third-order valence-corrected chi connectivity index (χ3v) is 3.09. The Hall–Kier alpha value is 0. The van der Waals surface area contributed by atoms with Gasteiger partial charge in [0.1, 0.15) is 0 Å². The van der Waals surface area contributed by atoms with Gasteiger partial charge in [-0.3, -0.25) is 0 Å². The zero-order valence-corrected chi connectivity index (χ0v) is 7.61. The van der Waals surface area contributed by atoms with Crippen LogP contribution >= 0.6 is 0 Å². The summed E-state index contributed by atoms with van der Waals surface area (Å²) in [6, 6.07) is 0. The van der Waals surface area contributed by atoms with Gasteiger partial charge in [-0.1, -0.05) is 33.6 Å². The van der Waals surface area contributed by atoms with E-state index in [9.17, 15) is 0 Å². The van der Waals surface area contributed by atoms with Gasteiger partial charge < -0.3 is 0 Å². The van der Waals surface area contributed by atoms with Crippen molar-refractivity contribution in [2.45, 2.75) is 52.9 Å². The van der Waals surface area contributed by atoms with E-state index < -0.39 is 0 Å². The maximum Gasteiger partial charge on any atom is -0.0294 e. The predicted octanol–water partition coefficient (Wildman–Crippen LogP) is 3.61. The zero-order chi connectivity index (χ0) is 7.61. The molecule has 60 valence electrons. The summed E-state index contributed by atoms with van der Waals surface area (Å²) < 4.78 is 0. The summed E-state index contributed by atoms with van der Waals surface area (Å²) in [6.45, 7) is 6.46. The van der Waals surface area contributed by atoms with Crippen LogP contribution in [0.1, 0.15) is 52.9 Å². The Morgan fingerprint density at radius 3 is 2.30 bits per heavy atom. The van der Waals surface area contributed by atoms with Gasteiger partial charge in [-0.15, -0.1) is 0 Å². The van der Waals surface area contributed by atoms with E-state index in [0.717, 1.165) is 11.3 Å². The topological polar surface area (TPSA) is 0 Å². The summed E-state index contributed by atoms with van der Waals surface area (Å²) in [7, 11) is 0. The third kappa shape index (κ3) is 1.36. The van der Waals surface area contributed by atoms with Gasteiger partial charge in [-0.05, 0) is 30.6 Å². The highest BCUT2D eigenvalue weighted by Gasteiger charge is 2.50. The molecular weight excluding hydrogens is 120 g/mol. The average Bonchev–Trinajstić information content (AvgIpc) is 2.64. The largest absolute Gasteiger partial charge is 0.0683 e. The van der Waals surface area contributed by atoms with E-state index in [2.05, 4.69) is 6.92 Å². The SMILES string of the molecule is CC.CC12CCCCC1C2. The molecule has 10 heavy (non-hydrogen) atoms. The van der Waals surface area contributed by atoms with Crippen molar-refractivity contribution in [3.8, 4) is 0 Å². The molecule has 0 amide bonds. The van der Waals surface area contributed by atoms with Gasteiger partial charge in [0, 0.05) is 0 Å². The van der Waals surface area contributed by atoms with Gasteiger partial charge in [0.05, 0.1) is 0 Å². The van der Waals surface area contributed by atoms with Crippen LogP contribution in [-0.2, 0) is 0 Å². The van der Waals surface area contributed by atoms with Gasteiger partial charge in [-0.25, -0.2) is 0 Å². The summed E-state index contributed by atoms with van der Waals surface area (Å²) in [5.41, 5.74) is 0.845. The molecule has 0 bridgehead atoms. The Kier molecular flexibility index (Phi) is 2.38. The van der Waals surface area contributed by atoms with E-state index >= 15 is 0 Å². The van der Waals surface area contributed by atoms with E-state index in [1.54, 1.807) is 6.42 Å². The summed E-state index contributed by atoms with van der Waals surface area (Å²) in [5, 5.41) is 0. The van der Waals surface area contributed by atoms with Crippen molar-refractivity contribution in [3.63, 3.8) is 0 Å². The fourth-order valence-electron chi connectivity index (χ4n) is 2.18. The molecule has 0 N–H and O–H groups in total. The minimum Gasteiger partial charge on any atom is -0.0683 e. The molecule has 2 aliphatic carbocycles. The van der Waals surface area contributed by atoms with E-state index in [1.807, 2.05) is 13.8 Å². The lowest BCUT2D eigenvalue weighted by atomic mass is 9.90. The number of rotatable bonds is 0. The zero-order valence-electron chi connectivity index (χ0n) is 7.61. The van der Waals surface area contributed by atoms with E-state index in [0.29, 0.717) is 0 Å². The molecule has 2 unspecified atom stereocenters. The van der Waals surface area contributed by atoms with E-state index in [-0.39, 0.29) is 0 Å². The van der Waals surface area contributed by atoms with Crippen LogP contribution in [0.15, 0.2) is 0 Å². The van der Waals surface area contributed by atoms with E-state index in [4.69, 9.17) is 0 Å². The Morgan fingerprint density at radius 2 is 1.90 bits per heavy atom. The molecule has 0 nitrogen and oxygen atoms in total. The van der Waals surface area contributed by atoms with Crippen molar-refractivity contribution in [3.05, 3.63) is 0 Å². The van der Waals surface area contributed by atoms with Crippen molar-refractivity contribution >= 4 is 0 Å². The summed E-state index contributed by atoms with van der Waals surface area (Å²) >= 11 is 0. The van der Waals surface area contributed by atoms with Gasteiger partial charge in [0.2, 0.25) is 0 Å². The second-order valence-corrected chi connectivity index (χ2v) is 3.80. The Morgan fingerprint density at radius 1 is 1.20 bits per heavy atom. The monoisotopic (exact) mass is 140 g/mol.